The first kappa shape index (κ1) is 14.8. The lowest BCUT2D eigenvalue weighted by molar-refractivity contribution is -0.144. The van der Waals surface area contributed by atoms with Gasteiger partial charge in [0.2, 0.25) is 5.72 Å². The minimum absolute atomic E-state index is 0.0000364. The van der Waals surface area contributed by atoms with Gasteiger partial charge >= 0.3 is 0 Å². The van der Waals surface area contributed by atoms with Gasteiger partial charge in [-0.3, -0.25) is 9.69 Å². The molecule has 0 spiro atoms. The zero-order valence-electron chi connectivity index (χ0n) is 11.5. The summed E-state index contributed by atoms with van der Waals surface area (Å²) in [5, 5.41) is 11.0. The zero-order chi connectivity index (χ0) is 15.7. The van der Waals surface area contributed by atoms with Crippen molar-refractivity contribution in [1.82, 2.24) is 4.90 Å². The SMILES string of the molecule is O=C1C=C(Cl)C(O)(c2ccc(F)cc2)N1Cc1ccccc1. The largest absolute Gasteiger partial charge is 0.362 e. The van der Waals surface area contributed by atoms with Gasteiger partial charge in [-0.2, -0.15) is 0 Å². The topological polar surface area (TPSA) is 40.5 Å². The summed E-state index contributed by atoms with van der Waals surface area (Å²) in [6, 6.07) is 14.6. The summed E-state index contributed by atoms with van der Waals surface area (Å²) in [5.74, 6) is -0.813. The smallest absolute Gasteiger partial charge is 0.251 e. The van der Waals surface area contributed by atoms with Crippen LogP contribution in [0.3, 0.4) is 0 Å². The Morgan fingerprint density at radius 2 is 1.73 bits per heavy atom. The summed E-state index contributed by atoms with van der Waals surface area (Å²) >= 11 is 6.10. The van der Waals surface area contributed by atoms with Gasteiger partial charge in [0.25, 0.3) is 5.91 Å². The Labute approximate surface area is 132 Å². The second-order valence-electron chi connectivity index (χ2n) is 5.08. The molecule has 0 aliphatic carbocycles. The number of halogens is 2. The highest BCUT2D eigenvalue weighted by molar-refractivity contribution is 6.33. The van der Waals surface area contributed by atoms with E-state index in [-0.39, 0.29) is 17.5 Å². The molecule has 112 valence electrons. The van der Waals surface area contributed by atoms with Gasteiger partial charge in [-0.1, -0.05) is 54.1 Å². The molecule has 2 aromatic carbocycles. The molecule has 3 nitrogen and oxygen atoms in total. The van der Waals surface area contributed by atoms with Gasteiger partial charge in [-0.15, -0.1) is 0 Å². The molecule has 0 saturated heterocycles. The molecule has 3 rings (SSSR count). The fourth-order valence-corrected chi connectivity index (χ4v) is 2.81. The maximum absolute atomic E-state index is 13.1. The van der Waals surface area contributed by atoms with Crippen LogP contribution in [0, 0.1) is 5.82 Å². The van der Waals surface area contributed by atoms with Gasteiger partial charge in [0.05, 0.1) is 5.03 Å². The van der Waals surface area contributed by atoms with E-state index in [9.17, 15) is 14.3 Å². The lowest BCUT2D eigenvalue weighted by Gasteiger charge is -2.35. The molecule has 5 heteroatoms. The van der Waals surface area contributed by atoms with Gasteiger partial charge < -0.3 is 5.11 Å². The molecule has 1 atom stereocenters. The van der Waals surface area contributed by atoms with E-state index in [1.165, 1.54) is 35.2 Å². The Bertz CT molecular complexity index is 730. The zero-order valence-corrected chi connectivity index (χ0v) is 12.3. The van der Waals surface area contributed by atoms with E-state index in [1.54, 1.807) is 0 Å². The van der Waals surface area contributed by atoms with Crippen LogP contribution in [0.2, 0.25) is 0 Å². The fraction of sp³-hybridized carbons (Fsp3) is 0.118. The molecule has 22 heavy (non-hydrogen) atoms. The van der Waals surface area contributed by atoms with Gasteiger partial charge in [0.15, 0.2) is 0 Å². The van der Waals surface area contributed by atoms with Crippen LogP contribution < -0.4 is 0 Å². The maximum Gasteiger partial charge on any atom is 0.251 e. The molecule has 1 N–H and O–H groups in total. The van der Waals surface area contributed by atoms with Crippen LogP contribution in [0.25, 0.3) is 0 Å². The first-order valence-corrected chi connectivity index (χ1v) is 7.11. The van der Waals surface area contributed by atoms with Crippen LogP contribution in [0.4, 0.5) is 4.39 Å². The first-order chi connectivity index (χ1) is 10.5. The highest BCUT2D eigenvalue weighted by atomic mass is 35.5. The summed E-state index contributed by atoms with van der Waals surface area (Å²) in [6.45, 7) is 0.195. The monoisotopic (exact) mass is 317 g/mol. The number of carbonyl (C=O) groups excluding carboxylic acids is 1. The predicted octanol–water partition coefficient (Wildman–Crippen LogP) is 3.14. The van der Waals surface area contributed by atoms with Crippen molar-refractivity contribution in [1.29, 1.82) is 0 Å². The van der Waals surface area contributed by atoms with Gasteiger partial charge in [0.1, 0.15) is 5.82 Å². The van der Waals surface area contributed by atoms with E-state index >= 15 is 0 Å². The average Bonchev–Trinajstić information content (AvgIpc) is 2.73. The molecule has 1 aliphatic rings. The third kappa shape index (κ3) is 2.40. The second kappa shape index (κ2) is 5.55. The van der Waals surface area contributed by atoms with Crippen LogP contribution >= 0.6 is 11.6 Å². The molecule has 1 heterocycles. The summed E-state index contributed by atoms with van der Waals surface area (Å²) in [5.41, 5.74) is -0.574. The van der Waals surface area contributed by atoms with E-state index in [2.05, 4.69) is 0 Å². The Kier molecular flexibility index (Phi) is 3.72. The molecule has 2 aromatic rings. The molecule has 0 bridgehead atoms. The minimum atomic E-state index is -1.78. The number of carbonyl (C=O) groups is 1. The molecular weight excluding hydrogens is 305 g/mol. The van der Waals surface area contributed by atoms with Crippen LogP contribution in [0.15, 0.2) is 65.7 Å². The van der Waals surface area contributed by atoms with Crippen molar-refractivity contribution in [2.75, 3.05) is 0 Å². The van der Waals surface area contributed by atoms with Crippen molar-refractivity contribution in [3.63, 3.8) is 0 Å². The number of hydrogen-bond donors (Lipinski definition) is 1. The van der Waals surface area contributed by atoms with Crippen LogP contribution in [-0.2, 0) is 17.1 Å². The third-order valence-corrected chi connectivity index (χ3v) is 4.04. The number of nitrogens with zero attached hydrogens (tertiary/aromatic N) is 1. The van der Waals surface area contributed by atoms with Crippen molar-refractivity contribution in [3.05, 3.63) is 82.6 Å². The van der Waals surface area contributed by atoms with E-state index in [0.717, 1.165) is 5.56 Å². The van der Waals surface area contributed by atoms with Crippen LogP contribution in [0.5, 0.6) is 0 Å². The Balaban J connectivity index is 2.00. The predicted molar refractivity (Wildman–Crippen MR) is 81.2 cm³/mol. The first-order valence-electron chi connectivity index (χ1n) is 6.73. The molecule has 0 saturated carbocycles. The highest BCUT2D eigenvalue weighted by Crippen LogP contribution is 2.41. The van der Waals surface area contributed by atoms with E-state index in [1.807, 2.05) is 30.3 Å². The van der Waals surface area contributed by atoms with Crippen molar-refractivity contribution < 1.29 is 14.3 Å². The van der Waals surface area contributed by atoms with Crippen molar-refractivity contribution in [2.24, 2.45) is 0 Å². The molecule has 1 amide bonds. The Hall–Kier alpha value is -2.17. The van der Waals surface area contributed by atoms with Crippen LogP contribution in [-0.4, -0.2) is 15.9 Å². The summed E-state index contributed by atoms with van der Waals surface area (Å²) in [6.07, 6.45) is 1.19. The third-order valence-electron chi connectivity index (χ3n) is 3.67. The molecule has 1 unspecified atom stereocenters. The lowest BCUT2D eigenvalue weighted by atomic mass is 10.0. The highest BCUT2D eigenvalue weighted by Gasteiger charge is 2.47. The molecule has 0 aromatic heterocycles. The second-order valence-corrected chi connectivity index (χ2v) is 5.49. The van der Waals surface area contributed by atoms with Crippen molar-refractivity contribution >= 4 is 17.5 Å². The number of hydrogen-bond acceptors (Lipinski definition) is 2. The van der Waals surface area contributed by atoms with Gasteiger partial charge in [-0.25, -0.2) is 4.39 Å². The molecular formula is C17H13ClFNO2. The summed E-state index contributed by atoms with van der Waals surface area (Å²) in [7, 11) is 0. The molecule has 0 radical (unpaired) electrons. The van der Waals surface area contributed by atoms with Crippen molar-refractivity contribution in [2.45, 2.75) is 12.3 Å². The summed E-state index contributed by atoms with van der Waals surface area (Å²) in [4.78, 5) is 13.4. The Morgan fingerprint density at radius 1 is 1.09 bits per heavy atom. The normalized spacial score (nSPS) is 21.1. The quantitative estimate of drug-likeness (QED) is 0.945. The summed E-state index contributed by atoms with van der Waals surface area (Å²) < 4.78 is 13.1. The number of amides is 1. The van der Waals surface area contributed by atoms with E-state index in [0.29, 0.717) is 5.56 Å². The number of aliphatic hydroxyl groups is 1. The lowest BCUT2D eigenvalue weighted by Crippen LogP contribution is -2.44. The molecule has 1 aliphatic heterocycles. The average molecular weight is 318 g/mol. The fourth-order valence-electron chi connectivity index (χ4n) is 2.51. The standard InChI is InChI=1S/C17H13ClFNO2/c18-15-10-16(21)20(11-12-4-2-1-3-5-12)17(15,22)13-6-8-14(19)9-7-13/h1-10,22H,11H2. The van der Waals surface area contributed by atoms with Crippen LogP contribution in [0.1, 0.15) is 11.1 Å². The van der Waals surface area contributed by atoms with Crippen molar-refractivity contribution in [3.8, 4) is 0 Å². The number of benzene rings is 2. The Morgan fingerprint density at radius 3 is 2.36 bits per heavy atom. The van der Waals surface area contributed by atoms with Gasteiger partial charge in [0, 0.05) is 18.2 Å². The minimum Gasteiger partial charge on any atom is -0.362 e. The van der Waals surface area contributed by atoms with Gasteiger partial charge in [-0.05, 0) is 17.7 Å². The molecule has 0 fully saturated rings. The maximum atomic E-state index is 13.1. The van der Waals surface area contributed by atoms with E-state index in [4.69, 9.17) is 11.6 Å². The van der Waals surface area contributed by atoms with E-state index < -0.39 is 11.5 Å². The number of rotatable bonds is 3.